The average molecular weight is 823 g/mol. The molecule has 4 aliphatic carbocycles. The van der Waals surface area contributed by atoms with E-state index in [0.717, 1.165) is 6.42 Å². The summed E-state index contributed by atoms with van der Waals surface area (Å²) in [7, 11) is 0. The van der Waals surface area contributed by atoms with E-state index in [0.29, 0.717) is 5.92 Å². The van der Waals surface area contributed by atoms with Crippen LogP contribution in [0.2, 0.25) is 0 Å². The second-order valence-electron chi connectivity index (χ2n) is 15.8. The van der Waals surface area contributed by atoms with E-state index in [1.807, 2.05) is 6.07 Å². The van der Waals surface area contributed by atoms with Crippen LogP contribution in [0.4, 0.5) is 0 Å². The Morgan fingerprint density at radius 1 is 0.630 bits per heavy atom. The number of hydrogen-bond acceptors (Lipinski definition) is 0. The van der Waals surface area contributed by atoms with Gasteiger partial charge in [0, 0.05) is 5.41 Å². The molecule has 0 nitrogen and oxygen atoms in total. The maximum absolute atomic E-state index is 3.65. The van der Waals surface area contributed by atoms with E-state index in [1.165, 1.54) is 111 Å². The van der Waals surface area contributed by atoms with Crippen molar-refractivity contribution >= 4 is 19.9 Å². The second kappa shape index (κ2) is 16.6. The van der Waals surface area contributed by atoms with Crippen molar-refractivity contribution in [3.63, 3.8) is 0 Å². The summed E-state index contributed by atoms with van der Waals surface area (Å²) < 4.78 is 1.42. The van der Waals surface area contributed by atoms with Crippen LogP contribution in [-0.2, 0) is 41.5 Å². The topological polar surface area (TPSA) is 0 Å². The molecule has 3 heteroatoms. The fraction of sp³-hybridized carbons (Fsp3) is 0.235. The number of halogens is 2. The van der Waals surface area contributed by atoms with Gasteiger partial charge < -0.3 is 24.8 Å². The molecule has 0 fully saturated rings. The van der Waals surface area contributed by atoms with Gasteiger partial charge in [-0.15, -0.1) is 17.2 Å². The van der Waals surface area contributed by atoms with Crippen molar-refractivity contribution in [1.82, 2.24) is 0 Å². The standard InChI is InChI=1S/C25H25.C13H13.C13H10.2ClH.Zr/c1-14-12-24(3,4)22-8-16-7-17-9-23-19(15(2)13-25(23,5)6)11-21(17)20(16)10-18(14)22;1-10-8-11(2)13(9-10)12-6-4-3-5-7-12;1-3-7-12(8-4-1)11-13-9-5-2-6-10-13;;;/h8-12H,7H2,1-6H3;3-7,9-10H,1-2H3;1-10H;2*1H;/q2*-1;;;;+2/p-2. The average Bonchev–Trinajstić information content (AvgIpc) is 3.81. The van der Waals surface area contributed by atoms with Crippen LogP contribution in [0.5, 0.6) is 0 Å². The van der Waals surface area contributed by atoms with Crippen molar-refractivity contribution in [1.29, 1.82) is 0 Å². The molecular weight excluding hydrogens is 775 g/mol. The molecule has 0 aromatic heterocycles. The maximum atomic E-state index is 3.65. The Hall–Kier alpha value is -3.61. The molecule has 0 bridgehead atoms. The first-order valence-corrected chi connectivity index (χ1v) is 19.8. The number of benzene rings is 5. The van der Waals surface area contributed by atoms with Crippen molar-refractivity contribution < 1.29 is 49.0 Å². The molecule has 0 heterocycles. The predicted molar refractivity (Wildman–Crippen MR) is 219 cm³/mol. The molecule has 9 rings (SSSR count). The third kappa shape index (κ3) is 8.31. The second-order valence-corrected chi connectivity index (χ2v) is 17.1. The molecule has 0 saturated carbocycles. The van der Waals surface area contributed by atoms with E-state index in [-0.39, 0.29) is 35.6 Å². The Morgan fingerprint density at radius 3 is 1.65 bits per heavy atom. The van der Waals surface area contributed by atoms with Crippen LogP contribution in [-0.4, -0.2) is 3.21 Å². The molecule has 0 amide bonds. The molecular formula is C51H48Cl2Zr-2. The van der Waals surface area contributed by atoms with Gasteiger partial charge in [-0.1, -0.05) is 108 Å². The van der Waals surface area contributed by atoms with Gasteiger partial charge in [0.05, 0.1) is 0 Å². The van der Waals surface area contributed by atoms with Gasteiger partial charge in [-0.25, -0.2) is 11.1 Å². The van der Waals surface area contributed by atoms with Crippen LogP contribution in [0.3, 0.4) is 0 Å². The summed E-state index contributed by atoms with van der Waals surface area (Å²) in [6, 6.07) is 41.4. The minimum atomic E-state index is 0. The van der Waals surface area contributed by atoms with Gasteiger partial charge in [0.15, 0.2) is 0 Å². The Kier molecular flexibility index (Phi) is 12.8. The molecule has 0 saturated heterocycles. The number of hydrogen-bond donors (Lipinski definition) is 0. The summed E-state index contributed by atoms with van der Waals surface area (Å²) in [6.45, 7) is 18.0. The van der Waals surface area contributed by atoms with Gasteiger partial charge in [-0.05, 0) is 58.4 Å². The van der Waals surface area contributed by atoms with Crippen LogP contribution >= 0.6 is 0 Å². The first-order chi connectivity index (χ1) is 24.8. The van der Waals surface area contributed by atoms with Crippen molar-refractivity contribution in [3.8, 4) is 11.1 Å². The Morgan fingerprint density at radius 2 is 1.13 bits per heavy atom. The van der Waals surface area contributed by atoms with Gasteiger partial charge in [-0.2, -0.15) is 17.2 Å². The molecule has 5 aromatic rings. The van der Waals surface area contributed by atoms with Crippen molar-refractivity contribution in [2.45, 2.75) is 72.6 Å². The van der Waals surface area contributed by atoms with Gasteiger partial charge in [-0.3, -0.25) is 12.2 Å². The Balaban J connectivity index is 0.000000166. The summed E-state index contributed by atoms with van der Waals surface area (Å²) in [4.78, 5) is 0. The predicted octanol–water partition coefficient (Wildman–Crippen LogP) is 6.73. The van der Waals surface area contributed by atoms with Crippen molar-refractivity contribution in [3.05, 3.63) is 195 Å². The van der Waals surface area contributed by atoms with E-state index in [4.69, 9.17) is 0 Å². The first-order valence-electron chi connectivity index (χ1n) is 18.6. The fourth-order valence-corrected chi connectivity index (χ4v) is 9.24. The van der Waals surface area contributed by atoms with Gasteiger partial charge in [0.25, 0.3) is 0 Å². The SMILES string of the molecule is CC1=[C-]C(C)(C)c2cc3c(cc21)-c1cc2c(cc1C3)C(C)(C)C=C2C.CC1=[C-]C(C)C=C1c1ccccc1.[Cl-].[Cl-].[Zr+2]=[C](c1ccccc1)c1ccccc1. The third-order valence-electron chi connectivity index (χ3n) is 10.9. The van der Waals surface area contributed by atoms with E-state index in [9.17, 15) is 0 Å². The molecule has 0 radical (unpaired) electrons. The zero-order chi connectivity index (χ0) is 36.8. The number of fused-ring (bicyclic) bond motifs is 5. The van der Waals surface area contributed by atoms with E-state index < -0.39 is 0 Å². The van der Waals surface area contributed by atoms with Gasteiger partial charge in [0.1, 0.15) is 0 Å². The van der Waals surface area contributed by atoms with Crippen LogP contribution in [0.25, 0.3) is 27.8 Å². The molecule has 5 aromatic carbocycles. The quantitative estimate of drug-likeness (QED) is 0.174. The Labute approximate surface area is 351 Å². The molecule has 0 aliphatic heterocycles. The zero-order valence-electron chi connectivity index (χ0n) is 32.7. The summed E-state index contributed by atoms with van der Waals surface area (Å²) in [5, 5.41) is 0. The van der Waals surface area contributed by atoms with Crippen molar-refractivity contribution in [2.75, 3.05) is 0 Å². The van der Waals surface area contributed by atoms with Gasteiger partial charge in [0.2, 0.25) is 0 Å². The van der Waals surface area contributed by atoms with E-state index in [1.54, 1.807) is 0 Å². The normalized spacial score (nSPS) is 17.2. The van der Waals surface area contributed by atoms with Crippen LogP contribution in [0.15, 0.2) is 133 Å². The van der Waals surface area contributed by atoms with Gasteiger partial charge >= 0.3 is 99.2 Å². The minimum absolute atomic E-state index is 0. The number of allylic oxidation sites excluding steroid dienone is 8. The fourth-order valence-electron chi connectivity index (χ4n) is 8.42. The summed E-state index contributed by atoms with van der Waals surface area (Å²) in [5.41, 5.74) is 21.1. The van der Waals surface area contributed by atoms with Crippen LogP contribution < -0.4 is 24.8 Å². The molecule has 272 valence electrons. The van der Waals surface area contributed by atoms with E-state index >= 15 is 0 Å². The monoisotopic (exact) mass is 820 g/mol. The van der Waals surface area contributed by atoms with Crippen molar-refractivity contribution in [2.24, 2.45) is 5.92 Å². The number of rotatable bonds is 3. The Bertz CT molecular complexity index is 2180. The summed E-state index contributed by atoms with van der Waals surface area (Å²) in [5.74, 6) is 0.468. The summed E-state index contributed by atoms with van der Waals surface area (Å²) in [6.07, 6.45) is 12.8. The molecule has 54 heavy (non-hydrogen) atoms. The van der Waals surface area contributed by atoms with Crippen LogP contribution in [0, 0.1) is 18.1 Å². The molecule has 1 atom stereocenters. The molecule has 1 unspecified atom stereocenters. The molecule has 0 N–H and O–H groups in total. The zero-order valence-corrected chi connectivity index (χ0v) is 36.6. The molecule has 0 spiro atoms. The van der Waals surface area contributed by atoms with E-state index in [2.05, 4.69) is 189 Å². The third-order valence-corrected chi connectivity index (χ3v) is 12.3. The molecule has 4 aliphatic rings. The van der Waals surface area contributed by atoms with Crippen LogP contribution in [0.1, 0.15) is 105 Å². The summed E-state index contributed by atoms with van der Waals surface area (Å²) >= 11 is 1.46. The first kappa shape index (κ1) is 41.6.